The number of nitrogen functional groups attached to an aromatic ring is 1. The van der Waals surface area contributed by atoms with Gasteiger partial charge in [-0.05, 0) is 30.7 Å². The van der Waals surface area contributed by atoms with Crippen molar-refractivity contribution in [1.82, 2.24) is 14.6 Å². The highest BCUT2D eigenvalue weighted by Crippen LogP contribution is 2.26. The van der Waals surface area contributed by atoms with Crippen molar-refractivity contribution in [1.29, 1.82) is 0 Å². The topological polar surface area (TPSA) is 74.7 Å². The average Bonchev–Trinajstić information content (AvgIpc) is 2.88. The van der Waals surface area contributed by atoms with Crippen LogP contribution in [0.15, 0.2) is 36.5 Å². The summed E-state index contributed by atoms with van der Waals surface area (Å²) in [5.41, 5.74) is 8.29. The van der Waals surface area contributed by atoms with Crippen molar-refractivity contribution in [2.75, 3.05) is 12.8 Å². The molecular weight excluding hydrogens is 268 g/mol. The average molecular weight is 284 g/mol. The fraction of sp³-hybridized carbons (Fsp3) is 0.200. The van der Waals surface area contributed by atoms with Gasteiger partial charge in [-0.3, -0.25) is 4.40 Å². The molecule has 1 aromatic carbocycles. The van der Waals surface area contributed by atoms with Gasteiger partial charge < -0.3 is 15.2 Å². The highest BCUT2D eigenvalue weighted by Gasteiger charge is 2.10. The van der Waals surface area contributed by atoms with Gasteiger partial charge in [-0.15, -0.1) is 10.2 Å². The number of anilines is 1. The van der Waals surface area contributed by atoms with Crippen LogP contribution in [0.25, 0.3) is 5.65 Å². The molecule has 108 valence electrons. The Hall–Kier alpha value is -2.76. The molecule has 0 atom stereocenters. The third-order valence-electron chi connectivity index (χ3n) is 3.21. The fourth-order valence-electron chi connectivity index (χ4n) is 2.21. The molecule has 0 amide bonds. The SMILES string of the molecule is COc1ccccc1OCc1nnc2c(C)cc(N)cn12. The maximum absolute atomic E-state index is 5.87. The first-order valence-electron chi connectivity index (χ1n) is 6.54. The van der Waals surface area contributed by atoms with Crippen molar-refractivity contribution >= 4 is 11.3 Å². The summed E-state index contributed by atoms with van der Waals surface area (Å²) in [6, 6.07) is 9.35. The van der Waals surface area contributed by atoms with Crippen molar-refractivity contribution in [2.45, 2.75) is 13.5 Å². The van der Waals surface area contributed by atoms with E-state index in [0.29, 0.717) is 23.0 Å². The molecule has 6 heteroatoms. The molecule has 0 radical (unpaired) electrons. The van der Waals surface area contributed by atoms with Gasteiger partial charge in [0.25, 0.3) is 0 Å². The summed E-state index contributed by atoms with van der Waals surface area (Å²) < 4.78 is 12.9. The summed E-state index contributed by atoms with van der Waals surface area (Å²) in [5.74, 6) is 2.03. The Kier molecular flexibility index (Phi) is 3.35. The highest BCUT2D eigenvalue weighted by atomic mass is 16.5. The van der Waals surface area contributed by atoms with E-state index in [2.05, 4.69) is 10.2 Å². The Bertz CT molecular complexity index is 782. The van der Waals surface area contributed by atoms with Crippen LogP contribution in [-0.4, -0.2) is 21.7 Å². The zero-order valence-electron chi connectivity index (χ0n) is 11.9. The first kappa shape index (κ1) is 13.2. The summed E-state index contributed by atoms with van der Waals surface area (Å²) in [6.45, 7) is 2.23. The minimum atomic E-state index is 0.282. The molecule has 0 spiro atoms. The third-order valence-corrected chi connectivity index (χ3v) is 3.21. The van der Waals surface area contributed by atoms with E-state index in [9.17, 15) is 0 Å². The number of methoxy groups -OCH3 is 1. The summed E-state index contributed by atoms with van der Waals surface area (Å²) in [5, 5.41) is 8.32. The lowest BCUT2D eigenvalue weighted by Gasteiger charge is -2.09. The Balaban J connectivity index is 1.89. The van der Waals surface area contributed by atoms with E-state index in [4.69, 9.17) is 15.2 Å². The number of fused-ring (bicyclic) bond motifs is 1. The molecule has 2 heterocycles. The zero-order valence-corrected chi connectivity index (χ0v) is 11.9. The molecular formula is C15H16N4O2. The maximum atomic E-state index is 5.87. The van der Waals surface area contributed by atoms with Crippen LogP contribution >= 0.6 is 0 Å². The van der Waals surface area contributed by atoms with Crippen LogP contribution in [0.5, 0.6) is 11.5 Å². The van der Waals surface area contributed by atoms with Crippen LogP contribution in [0.3, 0.4) is 0 Å². The number of ether oxygens (including phenoxy) is 2. The lowest BCUT2D eigenvalue weighted by molar-refractivity contribution is 0.275. The van der Waals surface area contributed by atoms with E-state index in [-0.39, 0.29) is 6.61 Å². The normalized spacial score (nSPS) is 10.8. The smallest absolute Gasteiger partial charge is 0.175 e. The maximum Gasteiger partial charge on any atom is 0.175 e. The van der Waals surface area contributed by atoms with E-state index in [1.54, 1.807) is 13.3 Å². The second-order valence-corrected chi connectivity index (χ2v) is 4.71. The molecule has 2 N–H and O–H groups in total. The molecule has 0 bridgehead atoms. The largest absolute Gasteiger partial charge is 0.493 e. The molecule has 0 saturated carbocycles. The van der Waals surface area contributed by atoms with E-state index in [0.717, 1.165) is 11.2 Å². The van der Waals surface area contributed by atoms with E-state index >= 15 is 0 Å². The Labute approximate surface area is 122 Å². The first-order chi connectivity index (χ1) is 10.2. The fourth-order valence-corrected chi connectivity index (χ4v) is 2.21. The quantitative estimate of drug-likeness (QED) is 0.795. The van der Waals surface area contributed by atoms with Crippen molar-refractivity contribution < 1.29 is 9.47 Å². The lowest BCUT2D eigenvalue weighted by atomic mass is 10.3. The van der Waals surface area contributed by atoms with Gasteiger partial charge in [0.05, 0.1) is 7.11 Å². The highest BCUT2D eigenvalue weighted by molar-refractivity contribution is 5.54. The number of hydrogen-bond acceptors (Lipinski definition) is 5. The van der Waals surface area contributed by atoms with Crippen molar-refractivity contribution in [3.8, 4) is 11.5 Å². The number of hydrogen-bond donors (Lipinski definition) is 1. The molecule has 2 aromatic heterocycles. The molecule has 0 unspecified atom stereocenters. The summed E-state index contributed by atoms with van der Waals surface area (Å²) in [6.07, 6.45) is 1.79. The van der Waals surface area contributed by atoms with Gasteiger partial charge in [-0.1, -0.05) is 12.1 Å². The molecule has 0 aliphatic carbocycles. The van der Waals surface area contributed by atoms with Crippen molar-refractivity contribution in [2.24, 2.45) is 0 Å². The molecule has 0 aliphatic rings. The monoisotopic (exact) mass is 284 g/mol. The summed E-state index contributed by atoms with van der Waals surface area (Å²) >= 11 is 0. The second kappa shape index (κ2) is 5.32. The van der Waals surface area contributed by atoms with Crippen LogP contribution in [-0.2, 0) is 6.61 Å². The number of aryl methyl sites for hydroxylation is 1. The Morgan fingerprint density at radius 2 is 1.95 bits per heavy atom. The Morgan fingerprint density at radius 1 is 1.19 bits per heavy atom. The molecule has 0 saturated heterocycles. The van der Waals surface area contributed by atoms with Crippen LogP contribution in [0.4, 0.5) is 5.69 Å². The number of pyridine rings is 1. The zero-order chi connectivity index (χ0) is 14.8. The Morgan fingerprint density at radius 3 is 2.71 bits per heavy atom. The van der Waals surface area contributed by atoms with Gasteiger partial charge in [0.1, 0.15) is 6.61 Å². The van der Waals surface area contributed by atoms with Gasteiger partial charge in [0, 0.05) is 11.9 Å². The molecule has 21 heavy (non-hydrogen) atoms. The third kappa shape index (κ3) is 2.47. The van der Waals surface area contributed by atoms with E-state index in [1.165, 1.54) is 0 Å². The molecule has 3 aromatic rings. The van der Waals surface area contributed by atoms with E-state index in [1.807, 2.05) is 41.7 Å². The van der Waals surface area contributed by atoms with Gasteiger partial charge in [-0.25, -0.2) is 0 Å². The number of nitrogens with zero attached hydrogens (tertiary/aromatic N) is 3. The molecule has 0 aliphatic heterocycles. The predicted octanol–water partition coefficient (Wildman–Crippen LogP) is 2.21. The van der Waals surface area contributed by atoms with Crippen molar-refractivity contribution in [3.05, 3.63) is 47.9 Å². The predicted molar refractivity (Wildman–Crippen MR) is 79.5 cm³/mol. The van der Waals surface area contributed by atoms with Gasteiger partial charge in [0.2, 0.25) is 0 Å². The summed E-state index contributed by atoms with van der Waals surface area (Å²) in [7, 11) is 1.61. The van der Waals surface area contributed by atoms with Crippen molar-refractivity contribution in [3.63, 3.8) is 0 Å². The van der Waals surface area contributed by atoms with Gasteiger partial charge in [0.15, 0.2) is 23.0 Å². The number of aromatic nitrogens is 3. The number of benzene rings is 1. The minimum Gasteiger partial charge on any atom is -0.493 e. The van der Waals surface area contributed by atoms with Gasteiger partial charge >= 0.3 is 0 Å². The number of nitrogens with two attached hydrogens (primary N) is 1. The van der Waals surface area contributed by atoms with Crippen LogP contribution in [0.1, 0.15) is 11.4 Å². The molecule has 6 nitrogen and oxygen atoms in total. The number of para-hydroxylation sites is 2. The minimum absolute atomic E-state index is 0.282. The standard InChI is InChI=1S/C15H16N4O2/c1-10-7-11(16)8-19-14(17-18-15(10)19)9-21-13-6-4-3-5-12(13)20-2/h3-8H,9,16H2,1-2H3. The molecule has 3 rings (SSSR count). The lowest BCUT2D eigenvalue weighted by Crippen LogP contribution is -2.03. The van der Waals surface area contributed by atoms with Crippen LogP contribution in [0.2, 0.25) is 0 Å². The van der Waals surface area contributed by atoms with E-state index < -0.39 is 0 Å². The van der Waals surface area contributed by atoms with Crippen LogP contribution in [0, 0.1) is 6.92 Å². The van der Waals surface area contributed by atoms with Gasteiger partial charge in [-0.2, -0.15) is 0 Å². The number of rotatable bonds is 4. The second-order valence-electron chi connectivity index (χ2n) is 4.71. The summed E-state index contributed by atoms with van der Waals surface area (Å²) in [4.78, 5) is 0. The first-order valence-corrected chi connectivity index (χ1v) is 6.54. The molecule has 0 fully saturated rings. The van der Waals surface area contributed by atoms with Crippen LogP contribution < -0.4 is 15.2 Å².